The molecule has 212 valence electrons. The summed E-state index contributed by atoms with van der Waals surface area (Å²) in [6.07, 6.45) is 10.4. The zero-order chi connectivity index (χ0) is 29.3. The Morgan fingerprint density at radius 2 is 1.82 bits per heavy atom. The van der Waals surface area contributed by atoms with Crippen molar-refractivity contribution in [3.63, 3.8) is 0 Å². The van der Waals surface area contributed by atoms with Gasteiger partial charge in [0.05, 0.1) is 11.8 Å². The van der Waals surface area contributed by atoms with Gasteiger partial charge in [0, 0.05) is 55.7 Å². The highest BCUT2D eigenvalue weighted by Gasteiger charge is 2.26. The van der Waals surface area contributed by atoms with Gasteiger partial charge in [-0.3, -0.25) is 19.4 Å². The molecule has 1 heterocycles. The molecular formula is C31H38N4O4S. The van der Waals surface area contributed by atoms with Gasteiger partial charge >= 0.3 is 0 Å². The molecule has 0 saturated carbocycles. The summed E-state index contributed by atoms with van der Waals surface area (Å²) in [4.78, 5) is 21.5. The molecule has 1 aliphatic heterocycles. The molecule has 0 aromatic heterocycles. The Bertz CT molecular complexity index is 1380. The van der Waals surface area contributed by atoms with E-state index in [4.69, 9.17) is 4.74 Å². The molecule has 0 unspecified atom stereocenters. The summed E-state index contributed by atoms with van der Waals surface area (Å²) in [7, 11) is -3.94. The van der Waals surface area contributed by atoms with E-state index in [0.717, 1.165) is 24.3 Å². The molecular weight excluding hydrogens is 524 g/mol. The maximum absolute atomic E-state index is 13.3. The van der Waals surface area contributed by atoms with Gasteiger partial charge in [-0.25, -0.2) is 8.42 Å². The number of carbonyl (C=O) groups excluding carboxylic acids is 1. The summed E-state index contributed by atoms with van der Waals surface area (Å²) in [6.45, 7) is 22.6. The van der Waals surface area contributed by atoms with Gasteiger partial charge in [0.25, 0.3) is 15.9 Å². The number of anilines is 1. The Kier molecular flexibility index (Phi) is 10.6. The number of amides is 1. The van der Waals surface area contributed by atoms with Crippen LogP contribution < -0.4 is 4.72 Å². The molecule has 1 aromatic carbocycles. The number of nitrogens with zero attached hydrogens (tertiary/aromatic N) is 3. The Morgan fingerprint density at radius 1 is 1.10 bits per heavy atom. The van der Waals surface area contributed by atoms with E-state index in [9.17, 15) is 13.2 Å². The van der Waals surface area contributed by atoms with Crippen LogP contribution in [-0.2, 0) is 14.8 Å². The average Bonchev–Trinajstić information content (AvgIpc) is 3.17. The lowest BCUT2D eigenvalue weighted by Crippen LogP contribution is -2.35. The van der Waals surface area contributed by atoms with E-state index in [1.54, 1.807) is 48.6 Å². The number of allylic oxidation sites excluding steroid dienone is 6. The zero-order valence-corrected chi connectivity index (χ0v) is 24.1. The molecule has 1 aromatic rings. The maximum atomic E-state index is 13.3. The fourth-order valence-electron chi connectivity index (χ4n) is 4.42. The third-order valence-electron chi connectivity index (χ3n) is 6.36. The number of aliphatic imine (C=N–C) groups is 1. The summed E-state index contributed by atoms with van der Waals surface area (Å²) in [5, 5.41) is 0. The highest BCUT2D eigenvalue weighted by Crippen LogP contribution is 2.23. The molecule has 1 amide bonds. The summed E-state index contributed by atoms with van der Waals surface area (Å²) >= 11 is 0. The van der Waals surface area contributed by atoms with Gasteiger partial charge in [0.15, 0.2) is 0 Å². The summed E-state index contributed by atoms with van der Waals surface area (Å²) < 4.78 is 34.6. The third-order valence-corrected chi connectivity index (χ3v) is 7.77. The number of ether oxygens (including phenoxy) is 1. The molecule has 2 aliphatic rings. The van der Waals surface area contributed by atoms with E-state index in [2.05, 4.69) is 40.9 Å². The molecule has 9 heteroatoms. The van der Waals surface area contributed by atoms with Crippen LogP contribution >= 0.6 is 0 Å². The van der Waals surface area contributed by atoms with Crippen molar-refractivity contribution >= 4 is 27.3 Å². The van der Waals surface area contributed by atoms with Gasteiger partial charge in [-0.1, -0.05) is 44.5 Å². The van der Waals surface area contributed by atoms with Crippen LogP contribution in [0.25, 0.3) is 0 Å². The first-order chi connectivity index (χ1) is 19.1. The van der Waals surface area contributed by atoms with Crippen LogP contribution in [0.15, 0.2) is 114 Å². The van der Waals surface area contributed by atoms with E-state index >= 15 is 0 Å². The largest absolute Gasteiger partial charge is 0.491 e. The first-order valence-electron chi connectivity index (χ1n) is 13.2. The predicted octanol–water partition coefficient (Wildman–Crippen LogP) is 5.22. The van der Waals surface area contributed by atoms with E-state index in [1.165, 1.54) is 12.3 Å². The predicted molar refractivity (Wildman–Crippen MR) is 164 cm³/mol. The third kappa shape index (κ3) is 7.80. The Hall–Kier alpha value is -3.95. The van der Waals surface area contributed by atoms with Crippen LogP contribution in [0.2, 0.25) is 0 Å². The quantitative estimate of drug-likeness (QED) is 0.295. The van der Waals surface area contributed by atoms with Gasteiger partial charge in [0.2, 0.25) is 0 Å². The summed E-state index contributed by atoms with van der Waals surface area (Å²) in [5.74, 6) is 0.630. The number of hydrogen-bond donors (Lipinski definition) is 1. The molecule has 40 heavy (non-hydrogen) atoms. The van der Waals surface area contributed by atoms with Gasteiger partial charge in [0.1, 0.15) is 10.7 Å². The summed E-state index contributed by atoms with van der Waals surface area (Å²) in [6, 6.07) is 6.43. The van der Waals surface area contributed by atoms with Gasteiger partial charge in [-0.2, -0.15) is 0 Å². The smallest absolute Gasteiger partial charge is 0.264 e. The summed E-state index contributed by atoms with van der Waals surface area (Å²) in [5.41, 5.74) is 2.50. The van der Waals surface area contributed by atoms with E-state index < -0.39 is 10.0 Å². The standard InChI is InChI=1S/C31H38N4O4S/c1-7-25(28(8-2)39-23(4)5)22-34-18-11-19-35(21-20-34)31(36)26-14-16-27(17-15-26)33-40(37,38)29-13-10-12-24(6)30(29)32-9-3/h7-10,12-17,23,33H,1-3,6,11,18-22H2,4-5H3/b28-25-,32-30+. The van der Waals surface area contributed by atoms with E-state index in [-0.39, 0.29) is 22.6 Å². The Balaban J connectivity index is 1.66. The van der Waals surface area contributed by atoms with Crippen molar-refractivity contribution in [1.29, 1.82) is 0 Å². The minimum absolute atomic E-state index is 0.000361. The van der Waals surface area contributed by atoms with Crippen molar-refractivity contribution in [3.8, 4) is 0 Å². The fourth-order valence-corrected chi connectivity index (χ4v) is 5.67. The molecule has 8 nitrogen and oxygen atoms in total. The Labute approximate surface area is 238 Å². The first kappa shape index (κ1) is 30.6. The minimum Gasteiger partial charge on any atom is -0.491 e. The fraction of sp³-hybridized carbons (Fsp3) is 0.290. The topological polar surface area (TPSA) is 91.3 Å². The number of benzene rings is 1. The molecule has 0 radical (unpaired) electrons. The molecule has 0 atom stereocenters. The van der Waals surface area contributed by atoms with E-state index in [1.807, 2.05) is 18.7 Å². The van der Waals surface area contributed by atoms with Crippen molar-refractivity contribution in [2.45, 2.75) is 26.4 Å². The second-order valence-electron chi connectivity index (χ2n) is 9.64. The molecule has 3 rings (SSSR count). The Morgan fingerprint density at radius 3 is 2.45 bits per heavy atom. The second kappa shape index (κ2) is 13.9. The van der Waals surface area contributed by atoms with Crippen LogP contribution in [0.1, 0.15) is 30.6 Å². The number of hydrogen-bond acceptors (Lipinski definition) is 6. The highest BCUT2D eigenvalue weighted by atomic mass is 32.2. The van der Waals surface area contributed by atoms with Crippen molar-refractivity contribution in [2.24, 2.45) is 4.99 Å². The van der Waals surface area contributed by atoms with Crippen LogP contribution in [0.4, 0.5) is 5.69 Å². The highest BCUT2D eigenvalue weighted by molar-refractivity contribution is 7.97. The molecule has 1 fully saturated rings. The molecule has 0 spiro atoms. The lowest BCUT2D eigenvalue weighted by atomic mass is 10.1. The molecule has 1 aliphatic carbocycles. The van der Waals surface area contributed by atoms with E-state index in [0.29, 0.717) is 43.0 Å². The lowest BCUT2D eigenvalue weighted by Gasteiger charge is -2.23. The lowest BCUT2D eigenvalue weighted by molar-refractivity contribution is 0.0762. The van der Waals surface area contributed by atoms with Crippen molar-refractivity contribution in [1.82, 2.24) is 9.80 Å². The number of carbonyl (C=O) groups is 1. The van der Waals surface area contributed by atoms with Crippen molar-refractivity contribution in [3.05, 3.63) is 115 Å². The van der Waals surface area contributed by atoms with Crippen LogP contribution in [-0.4, -0.2) is 68.7 Å². The molecule has 1 N–H and O–H groups in total. The normalized spacial score (nSPS) is 18.1. The van der Waals surface area contributed by atoms with Gasteiger partial charge in [-0.05, 0) is 62.3 Å². The average molecular weight is 563 g/mol. The van der Waals surface area contributed by atoms with Crippen molar-refractivity contribution < 1.29 is 17.9 Å². The molecule has 0 bridgehead atoms. The van der Waals surface area contributed by atoms with Crippen LogP contribution in [0.5, 0.6) is 0 Å². The zero-order valence-electron chi connectivity index (χ0n) is 23.3. The van der Waals surface area contributed by atoms with Crippen molar-refractivity contribution in [2.75, 3.05) is 37.4 Å². The SMILES string of the molecule is C=C/N=C1\C(=C)C=CC=C1S(=O)(=O)Nc1ccc(C(=O)N2CCCN(C/C(C=C)=C(/C=C)OC(C)C)CC2)cc1. The monoisotopic (exact) mass is 562 g/mol. The van der Waals surface area contributed by atoms with Crippen LogP contribution in [0.3, 0.4) is 0 Å². The van der Waals surface area contributed by atoms with Gasteiger partial charge in [-0.15, -0.1) is 0 Å². The number of rotatable bonds is 11. The number of sulfonamides is 1. The second-order valence-corrected chi connectivity index (χ2v) is 11.3. The minimum atomic E-state index is -3.94. The van der Waals surface area contributed by atoms with Gasteiger partial charge < -0.3 is 9.64 Å². The maximum Gasteiger partial charge on any atom is 0.264 e. The number of nitrogens with one attached hydrogen (secondary N) is 1. The van der Waals surface area contributed by atoms with Crippen LogP contribution in [0, 0.1) is 0 Å². The molecule has 1 saturated heterocycles. The first-order valence-corrected chi connectivity index (χ1v) is 14.6.